The molecule has 4 rings (SSSR count). The summed E-state index contributed by atoms with van der Waals surface area (Å²) >= 11 is 1.49. The maximum absolute atomic E-state index is 13.7. The number of hydrogen-bond donors (Lipinski definition) is 1. The smallest absolute Gasteiger partial charge is 0.248 e. The number of benzene rings is 1. The van der Waals surface area contributed by atoms with Gasteiger partial charge in [0, 0.05) is 29.0 Å². The number of nitrogens with zero attached hydrogens (tertiary/aromatic N) is 2. The van der Waals surface area contributed by atoms with Crippen molar-refractivity contribution in [3.8, 4) is 0 Å². The first-order valence-corrected chi connectivity index (χ1v) is 11.8. The molecule has 1 aliphatic carbocycles. The molecule has 0 bridgehead atoms. The third-order valence-electron chi connectivity index (χ3n) is 5.76. The van der Waals surface area contributed by atoms with E-state index in [4.69, 9.17) is 0 Å². The average molecular weight is 452 g/mol. The molecule has 32 heavy (non-hydrogen) atoms. The van der Waals surface area contributed by atoms with E-state index in [2.05, 4.69) is 10.3 Å². The summed E-state index contributed by atoms with van der Waals surface area (Å²) in [6.07, 6.45) is 8.62. The first-order chi connectivity index (χ1) is 15.6. The van der Waals surface area contributed by atoms with Crippen molar-refractivity contribution >= 4 is 28.8 Å². The van der Waals surface area contributed by atoms with E-state index >= 15 is 0 Å². The largest absolute Gasteiger partial charge is 0.351 e. The highest BCUT2D eigenvalue weighted by atomic mass is 32.1. The Labute approximate surface area is 191 Å². The lowest BCUT2D eigenvalue weighted by Crippen LogP contribution is -2.47. The molecule has 1 fully saturated rings. The molecule has 0 unspecified atom stereocenters. The van der Waals surface area contributed by atoms with Gasteiger partial charge in [0.25, 0.3) is 0 Å². The molecule has 166 valence electrons. The van der Waals surface area contributed by atoms with Gasteiger partial charge in [-0.1, -0.05) is 25.3 Å². The van der Waals surface area contributed by atoms with E-state index in [9.17, 15) is 14.0 Å². The van der Waals surface area contributed by atoms with Crippen LogP contribution in [0.2, 0.25) is 0 Å². The summed E-state index contributed by atoms with van der Waals surface area (Å²) in [5, 5.41) is 5.09. The van der Waals surface area contributed by atoms with Crippen molar-refractivity contribution in [2.75, 3.05) is 4.90 Å². The minimum absolute atomic E-state index is 0.100. The predicted molar refractivity (Wildman–Crippen MR) is 124 cm³/mol. The van der Waals surface area contributed by atoms with E-state index in [0.717, 1.165) is 30.6 Å². The summed E-state index contributed by atoms with van der Waals surface area (Å²) in [6, 6.07) is 12.2. The number of halogens is 1. The van der Waals surface area contributed by atoms with Crippen molar-refractivity contribution in [3.63, 3.8) is 0 Å². The summed E-state index contributed by atoms with van der Waals surface area (Å²) in [4.78, 5) is 33.6. The fourth-order valence-electron chi connectivity index (χ4n) is 4.18. The fourth-order valence-corrected chi connectivity index (χ4v) is 4.87. The zero-order valence-electron chi connectivity index (χ0n) is 17.7. The highest BCUT2D eigenvalue weighted by molar-refractivity contribution is 7.10. The Kier molecular flexibility index (Phi) is 7.27. The van der Waals surface area contributed by atoms with E-state index in [-0.39, 0.29) is 24.3 Å². The molecule has 1 aromatic carbocycles. The molecule has 0 saturated heterocycles. The molecule has 7 heteroatoms. The number of carbonyl (C=O) groups is 2. The summed E-state index contributed by atoms with van der Waals surface area (Å²) in [6.45, 7) is 0. The standard InChI is InChI=1S/C25H26FN3O2S/c26-19-8-10-21(11-9-19)29(23(30)17-22-7-4-16-32-22)24(18-12-14-27-15-13-18)25(31)28-20-5-2-1-3-6-20/h4,7-16,20,24H,1-3,5-6,17H2,(H,28,31)/t24-/m0/s1. The molecule has 5 nitrogen and oxygen atoms in total. The third-order valence-corrected chi connectivity index (χ3v) is 6.64. The number of thiophene rings is 1. The lowest BCUT2D eigenvalue weighted by atomic mass is 9.94. The second-order valence-corrected chi connectivity index (χ2v) is 9.06. The molecule has 1 N–H and O–H groups in total. The van der Waals surface area contributed by atoms with Gasteiger partial charge in [-0.25, -0.2) is 4.39 Å². The summed E-state index contributed by atoms with van der Waals surface area (Å²) < 4.78 is 13.7. The molecule has 2 heterocycles. The molecular formula is C25H26FN3O2S. The molecular weight excluding hydrogens is 425 g/mol. The van der Waals surface area contributed by atoms with Crippen LogP contribution in [-0.2, 0) is 16.0 Å². The number of anilines is 1. The first-order valence-electron chi connectivity index (χ1n) is 10.9. The van der Waals surface area contributed by atoms with Gasteiger partial charge in [0.05, 0.1) is 6.42 Å². The van der Waals surface area contributed by atoms with Crippen LogP contribution in [0.25, 0.3) is 0 Å². The van der Waals surface area contributed by atoms with E-state index in [1.165, 1.54) is 34.8 Å². The average Bonchev–Trinajstić information content (AvgIpc) is 3.32. The SMILES string of the molecule is O=C(NC1CCCCC1)[C@H](c1ccncc1)N(C(=O)Cc1cccs1)c1ccc(F)cc1. The van der Waals surface area contributed by atoms with Gasteiger partial charge in [-0.3, -0.25) is 19.5 Å². The number of rotatable bonds is 7. The zero-order chi connectivity index (χ0) is 22.3. The molecule has 3 aromatic rings. The maximum atomic E-state index is 13.7. The van der Waals surface area contributed by atoms with Crippen LogP contribution in [-0.4, -0.2) is 22.8 Å². The Morgan fingerprint density at radius 2 is 1.78 bits per heavy atom. The molecule has 2 aromatic heterocycles. The van der Waals surface area contributed by atoms with Crippen LogP contribution in [0, 0.1) is 5.82 Å². The van der Waals surface area contributed by atoms with E-state index < -0.39 is 11.9 Å². The van der Waals surface area contributed by atoms with Crippen LogP contribution in [0.5, 0.6) is 0 Å². The Balaban J connectivity index is 1.71. The van der Waals surface area contributed by atoms with Crippen LogP contribution < -0.4 is 10.2 Å². The minimum Gasteiger partial charge on any atom is -0.351 e. The minimum atomic E-state index is -0.877. The van der Waals surface area contributed by atoms with Gasteiger partial charge in [0.2, 0.25) is 11.8 Å². The van der Waals surface area contributed by atoms with Gasteiger partial charge >= 0.3 is 0 Å². The molecule has 1 aliphatic rings. The Morgan fingerprint density at radius 1 is 1.06 bits per heavy atom. The van der Waals surface area contributed by atoms with Crippen LogP contribution in [0.15, 0.2) is 66.3 Å². The van der Waals surface area contributed by atoms with Crippen LogP contribution in [0.1, 0.15) is 48.6 Å². The maximum Gasteiger partial charge on any atom is 0.248 e. The van der Waals surface area contributed by atoms with Crippen LogP contribution in [0.3, 0.4) is 0 Å². The van der Waals surface area contributed by atoms with Crippen molar-refractivity contribution in [3.05, 3.63) is 82.6 Å². The Hall–Kier alpha value is -3.06. The molecule has 1 saturated carbocycles. The van der Waals surface area contributed by atoms with Gasteiger partial charge in [-0.05, 0) is 66.2 Å². The number of pyridine rings is 1. The highest BCUT2D eigenvalue weighted by Gasteiger charge is 2.34. The topological polar surface area (TPSA) is 62.3 Å². The van der Waals surface area contributed by atoms with Gasteiger partial charge in [-0.15, -0.1) is 11.3 Å². The van der Waals surface area contributed by atoms with E-state index in [0.29, 0.717) is 11.3 Å². The van der Waals surface area contributed by atoms with Gasteiger partial charge in [0.1, 0.15) is 11.9 Å². The highest BCUT2D eigenvalue weighted by Crippen LogP contribution is 2.30. The van der Waals surface area contributed by atoms with E-state index in [1.807, 2.05) is 17.5 Å². The second kappa shape index (κ2) is 10.5. The normalized spacial score (nSPS) is 15.2. The van der Waals surface area contributed by atoms with Crippen molar-refractivity contribution in [2.24, 2.45) is 0 Å². The Morgan fingerprint density at radius 3 is 2.44 bits per heavy atom. The number of aromatic nitrogens is 1. The van der Waals surface area contributed by atoms with Crippen molar-refractivity contribution in [1.29, 1.82) is 0 Å². The molecule has 0 radical (unpaired) electrons. The fraction of sp³-hybridized carbons (Fsp3) is 0.320. The first kappa shape index (κ1) is 22.1. The second-order valence-electron chi connectivity index (χ2n) is 8.02. The van der Waals surface area contributed by atoms with E-state index in [1.54, 1.807) is 36.7 Å². The lowest BCUT2D eigenvalue weighted by molar-refractivity contribution is -0.127. The molecule has 1 atom stereocenters. The molecule has 0 spiro atoms. The van der Waals surface area contributed by atoms with Gasteiger partial charge < -0.3 is 5.32 Å². The number of hydrogen-bond acceptors (Lipinski definition) is 4. The third kappa shape index (κ3) is 5.40. The molecule has 2 amide bonds. The zero-order valence-corrected chi connectivity index (χ0v) is 18.6. The van der Waals surface area contributed by atoms with Gasteiger partial charge in [-0.2, -0.15) is 0 Å². The van der Waals surface area contributed by atoms with Crippen LogP contribution in [0.4, 0.5) is 10.1 Å². The predicted octanol–water partition coefficient (Wildman–Crippen LogP) is 5.05. The number of carbonyl (C=O) groups excluding carboxylic acids is 2. The summed E-state index contributed by atoms with van der Waals surface area (Å²) in [5.41, 5.74) is 1.14. The quantitative estimate of drug-likeness (QED) is 0.547. The van der Waals surface area contributed by atoms with Crippen molar-refractivity contribution < 1.29 is 14.0 Å². The monoisotopic (exact) mass is 451 g/mol. The number of amides is 2. The molecule has 0 aliphatic heterocycles. The van der Waals surface area contributed by atoms with Crippen molar-refractivity contribution in [1.82, 2.24) is 10.3 Å². The van der Waals surface area contributed by atoms with Crippen LogP contribution >= 0.6 is 11.3 Å². The van der Waals surface area contributed by atoms with Crippen molar-refractivity contribution in [2.45, 2.75) is 50.6 Å². The summed E-state index contributed by atoms with van der Waals surface area (Å²) in [5.74, 6) is -0.849. The Bertz CT molecular complexity index is 1020. The summed E-state index contributed by atoms with van der Waals surface area (Å²) in [7, 11) is 0. The number of nitrogens with one attached hydrogen (secondary N) is 1. The lowest BCUT2D eigenvalue weighted by Gasteiger charge is -2.33. The van der Waals surface area contributed by atoms with Gasteiger partial charge in [0.15, 0.2) is 0 Å².